The molecular formula is C10H16N4O. The van der Waals surface area contributed by atoms with Gasteiger partial charge in [0.25, 0.3) is 0 Å². The summed E-state index contributed by atoms with van der Waals surface area (Å²) in [6.45, 7) is 2.33. The first-order valence-corrected chi connectivity index (χ1v) is 4.81. The van der Waals surface area contributed by atoms with Crippen molar-refractivity contribution in [2.24, 2.45) is 0 Å². The summed E-state index contributed by atoms with van der Waals surface area (Å²) >= 11 is 0. The molecular weight excluding hydrogens is 192 g/mol. The second-order valence-electron chi connectivity index (χ2n) is 3.50. The molecule has 0 aliphatic carbocycles. The molecule has 1 aromatic rings. The molecule has 15 heavy (non-hydrogen) atoms. The van der Waals surface area contributed by atoms with Gasteiger partial charge in [-0.15, -0.1) is 0 Å². The number of aromatic nitrogens is 2. The average molecular weight is 208 g/mol. The van der Waals surface area contributed by atoms with E-state index in [9.17, 15) is 4.79 Å². The molecule has 5 heteroatoms. The summed E-state index contributed by atoms with van der Waals surface area (Å²) in [6.07, 6.45) is 3.37. The van der Waals surface area contributed by atoms with Crippen LogP contribution >= 0.6 is 0 Å². The van der Waals surface area contributed by atoms with E-state index in [0.29, 0.717) is 12.4 Å². The van der Waals surface area contributed by atoms with E-state index in [1.54, 1.807) is 37.5 Å². The molecule has 0 saturated heterocycles. The highest BCUT2D eigenvalue weighted by molar-refractivity contribution is 5.80. The van der Waals surface area contributed by atoms with Crippen molar-refractivity contribution in [2.45, 2.75) is 19.5 Å². The van der Waals surface area contributed by atoms with Gasteiger partial charge in [0, 0.05) is 26.5 Å². The largest absolute Gasteiger partial charge is 0.347 e. The second kappa shape index (κ2) is 5.41. The molecule has 0 saturated carbocycles. The number of hydrogen-bond donors (Lipinski definition) is 1. The fraction of sp³-hybridized carbons (Fsp3) is 0.500. The molecule has 1 rings (SSSR count). The van der Waals surface area contributed by atoms with Crippen molar-refractivity contribution >= 4 is 5.91 Å². The minimum absolute atomic E-state index is 0.0472. The van der Waals surface area contributed by atoms with Crippen LogP contribution in [0.1, 0.15) is 12.7 Å². The van der Waals surface area contributed by atoms with E-state index in [1.807, 2.05) is 6.92 Å². The topological polar surface area (TPSA) is 58.1 Å². The third-order valence-electron chi connectivity index (χ3n) is 2.00. The van der Waals surface area contributed by atoms with Gasteiger partial charge in [0.05, 0.1) is 12.6 Å². The lowest BCUT2D eigenvalue weighted by atomic mass is 10.3. The zero-order valence-corrected chi connectivity index (χ0v) is 9.27. The lowest BCUT2D eigenvalue weighted by Gasteiger charge is -2.17. The summed E-state index contributed by atoms with van der Waals surface area (Å²) in [5, 5.41) is 3.06. The Kier molecular flexibility index (Phi) is 4.17. The van der Waals surface area contributed by atoms with Crippen LogP contribution in [0.2, 0.25) is 0 Å². The lowest BCUT2D eigenvalue weighted by molar-refractivity contribution is -0.130. The summed E-state index contributed by atoms with van der Waals surface area (Å²) in [7, 11) is 3.47. The minimum atomic E-state index is -0.219. The fourth-order valence-electron chi connectivity index (χ4n) is 1.14. The van der Waals surface area contributed by atoms with Crippen LogP contribution in [0.25, 0.3) is 0 Å². The van der Waals surface area contributed by atoms with Gasteiger partial charge in [-0.05, 0) is 13.0 Å². The molecule has 0 spiro atoms. The van der Waals surface area contributed by atoms with E-state index in [2.05, 4.69) is 15.3 Å². The molecule has 1 amide bonds. The maximum absolute atomic E-state index is 11.5. The molecule has 1 atom stereocenters. The van der Waals surface area contributed by atoms with Gasteiger partial charge in [0.1, 0.15) is 5.82 Å². The number of carbonyl (C=O) groups excluding carboxylic acids is 1. The number of hydrogen-bond acceptors (Lipinski definition) is 4. The molecule has 1 heterocycles. The standard InChI is InChI=1S/C10H16N4O/c1-8(10(15)14(2)3)13-7-9-11-5-4-6-12-9/h4-6,8,13H,7H2,1-3H3. The van der Waals surface area contributed by atoms with Gasteiger partial charge in [-0.3, -0.25) is 10.1 Å². The van der Waals surface area contributed by atoms with Crippen molar-refractivity contribution in [1.29, 1.82) is 0 Å². The van der Waals surface area contributed by atoms with Crippen molar-refractivity contribution in [3.8, 4) is 0 Å². The van der Waals surface area contributed by atoms with E-state index in [-0.39, 0.29) is 11.9 Å². The van der Waals surface area contributed by atoms with E-state index < -0.39 is 0 Å². The highest BCUT2D eigenvalue weighted by atomic mass is 16.2. The van der Waals surface area contributed by atoms with Crippen LogP contribution in [-0.2, 0) is 11.3 Å². The van der Waals surface area contributed by atoms with E-state index in [0.717, 1.165) is 0 Å². The van der Waals surface area contributed by atoms with Crippen molar-refractivity contribution in [3.63, 3.8) is 0 Å². The lowest BCUT2D eigenvalue weighted by Crippen LogP contribution is -2.41. The molecule has 0 bridgehead atoms. The van der Waals surface area contributed by atoms with Crippen LogP contribution in [0.3, 0.4) is 0 Å². The molecule has 0 aromatic carbocycles. The van der Waals surface area contributed by atoms with E-state index >= 15 is 0 Å². The molecule has 1 unspecified atom stereocenters. The number of carbonyl (C=O) groups is 1. The number of likely N-dealkylation sites (N-methyl/N-ethyl adjacent to an activating group) is 1. The van der Waals surface area contributed by atoms with Crippen LogP contribution in [-0.4, -0.2) is 40.9 Å². The molecule has 0 aliphatic heterocycles. The van der Waals surface area contributed by atoms with Crippen molar-refractivity contribution in [3.05, 3.63) is 24.3 Å². The quantitative estimate of drug-likeness (QED) is 0.759. The molecule has 0 radical (unpaired) electrons. The number of nitrogens with one attached hydrogen (secondary N) is 1. The van der Waals surface area contributed by atoms with Crippen LogP contribution in [0, 0.1) is 0 Å². The third-order valence-corrected chi connectivity index (χ3v) is 2.00. The van der Waals surface area contributed by atoms with E-state index in [1.165, 1.54) is 0 Å². The number of amides is 1. The van der Waals surface area contributed by atoms with Crippen LogP contribution in [0.5, 0.6) is 0 Å². The normalized spacial score (nSPS) is 12.2. The van der Waals surface area contributed by atoms with Gasteiger partial charge in [-0.2, -0.15) is 0 Å². The van der Waals surface area contributed by atoms with E-state index in [4.69, 9.17) is 0 Å². The summed E-state index contributed by atoms with van der Waals surface area (Å²) in [6, 6.07) is 1.54. The Morgan fingerprint density at radius 3 is 2.60 bits per heavy atom. The molecule has 1 aromatic heterocycles. The van der Waals surface area contributed by atoms with Gasteiger partial charge < -0.3 is 4.90 Å². The van der Waals surface area contributed by atoms with Gasteiger partial charge in [0.15, 0.2) is 0 Å². The van der Waals surface area contributed by atoms with Gasteiger partial charge in [-0.1, -0.05) is 0 Å². The Balaban J connectivity index is 2.41. The van der Waals surface area contributed by atoms with Crippen LogP contribution in [0.4, 0.5) is 0 Å². The molecule has 82 valence electrons. The van der Waals surface area contributed by atoms with Gasteiger partial charge in [0.2, 0.25) is 5.91 Å². The Morgan fingerprint density at radius 2 is 2.07 bits per heavy atom. The second-order valence-corrected chi connectivity index (χ2v) is 3.50. The first-order chi connectivity index (χ1) is 7.11. The summed E-state index contributed by atoms with van der Waals surface area (Å²) in [4.78, 5) is 21.2. The minimum Gasteiger partial charge on any atom is -0.347 e. The van der Waals surface area contributed by atoms with Crippen LogP contribution < -0.4 is 5.32 Å². The first-order valence-electron chi connectivity index (χ1n) is 4.81. The monoisotopic (exact) mass is 208 g/mol. The highest BCUT2D eigenvalue weighted by Crippen LogP contribution is 1.92. The SMILES string of the molecule is CC(NCc1ncccn1)C(=O)N(C)C. The molecule has 1 N–H and O–H groups in total. The molecule has 5 nitrogen and oxygen atoms in total. The Bertz CT molecular complexity index is 312. The predicted molar refractivity (Wildman–Crippen MR) is 57.0 cm³/mol. The Morgan fingerprint density at radius 1 is 1.47 bits per heavy atom. The van der Waals surface area contributed by atoms with Gasteiger partial charge >= 0.3 is 0 Å². The Labute approximate surface area is 89.5 Å². The zero-order chi connectivity index (χ0) is 11.3. The maximum Gasteiger partial charge on any atom is 0.238 e. The van der Waals surface area contributed by atoms with Crippen molar-refractivity contribution in [1.82, 2.24) is 20.2 Å². The van der Waals surface area contributed by atoms with Gasteiger partial charge in [-0.25, -0.2) is 9.97 Å². The number of rotatable bonds is 4. The highest BCUT2D eigenvalue weighted by Gasteiger charge is 2.13. The maximum atomic E-state index is 11.5. The first kappa shape index (κ1) is 11.6. The van der Waals surface area contributed by atoms with Crippen LogP contribution in [0.15, 0.2) is 18.5 Å². The third kappa shape index (κ3) is 3.63. The summed E-state index contributed by atoms with van der Waals surface area (Å²) < 4.78 is 0. The zero-order valence-electron chi connectivity index (χ0n) is 9.27. The summed E-state index contributed by atoms with van der Waals surface area (Å²) in [5.41, 5.74) is 0. The van der Waals surface area contributed by atoms with Crippen molar-refractivity contribution < 1.29 is 4.79 Å². The summed E-state index contributed by atoms with van der Waals surface area (Å²) in [5.74, 6) is 0.738. The molecule has 0 fully saturated rings. The van der Waals surface area contributed by atoms with Crippen molar-refractivity contribution in [2.75, 3.05) is 14.1 Å². The molecule has 0 aliphatic rings. The fourth-order valence-corrected chi connectivity index (χ4v) is 1.14. The average Bonchev–Trinajstić information content (AvgIpc) is 2.26. The Hall–Kier alpha value is -1.49. The smallest absolute Gasteiger partial charge is 0.238 e. The number of nitrogens with zero attached hydrogens (tertiary/aromatic N) is 3. The predicted octanol–water partition coefficient (Wildman–Crippen LogP) is 0.0429.